The number of nitrogens with one attached hydrogen (secondary N) is 1. The molecule has 0 fully saturated rings. The molecular formula is C13H21N5O2. The fourth-order valence-electron chi connectivity index (χ4n) is 2.07. The molecule has 0 spiro atoms. The van der Waals surface area contributed by atoms with Crippen LogP contribution in [-0.2, 0) is 11.2 Å². The number of nitrogens with two attached hydrogens (primary N) is 1. The number of methoxy groups -OCH3 is 1. The molecule has 0 aliphatic carbocycles. The van der Waals surface area contributed by atoms with Gasteiger partial charge in [0.25, 0.3) is 0 Å². The summed E-state index contributed by atoms with van der Waals surface area (Å²) in [4.78, 5) is 11.3. The summed E-state index contributed by atoms with van der Waals surface area (Å²) in [5.74, 6) is 0.927. The first kappa shape index (κ1) is 14.7. The number of rotatable bonds is 5. The zero-order valence-electron chi connectivity index (χ0n) is 12.3. The lowest BCUT2D eigenvalue weighted by atomic mass is 9.88. The summed E-state index contributed by atoms with van der Waals surface area (Å²) in [6.45, 7) is 6.17. The van der Waals surface area contributed by atoms with Gasteiger partial charge in [0.1, 0.15) is 6.10 Å². The second-order valence-electron chi connectivity index (χ2n) is 5.86. The maximum absolute atomic E-state index is 6.07. The predicted octanol–water partition coefficient (Wildman–Crippen LogP) is 1.77. The summed E-state index contributed by atoms with van der Waals surface area (Å²) < 4.78 is 10.7. The smallest absolute Gasteiger partial charge is 0.244 e. The average molecular weight is 279 g/mol. The first-order valence-corrected chi connectivity index (χ1v) is 6.51. The zero-order chi connectivity index (χ0) is 14.8. The molecule has 0 aromatic carbocycles. The molecule has 0 radical (unpaired) electrons. The highest BCUT2D eigenvalue weighted by Gasteiger charge is 2.31. The third kappa shape index (κ3) is 3.23. The maximum atomic E-state index is 6.07. The van der Waals surface area contributed by atoms with Gasteiger partial charge in [-0.3, -0.25) is 0 Å². The van der Waals surface area contributed by atoms with Gasteiger partial charge in [0, 0.05) is 25.4 Å². The van der Waals surface area contributed by atoms with Gasteiger partial charge in [-0.15, -0.1) is 0 Å². The largest absolute Gasteiger partial charge is 0.373 e. The fourth-order valence-corrected chi connectivity index (χ4v) is 2.07. The topological polar surface area (TPSA) is 103 Å². The van der Waals surface area contributed by atoms with Gasteiger partial charge in [0.05, 0.1) is 12.4 Å². The van der Waals surface area contributed by atoms with E-state index in [4.69, 9.17) is 15.0 Å². The van der Waals surface area contributed by atoms with E-state index in [0.717, 1.165) is 5.69 Å². The third-order valence-electron chi connectivity index (χ3n) is 3.03. The molecule has 2 heterocycles. The van der Waals surface area contributed by atoms with E-state index >= 15 is 0 Å². The molecule has 7 nitrogen and oxygen atoms in total. The quantitative estimate of drug-likeness (QED) is 0.864. The Hall–Kier alpha value is -1.73. The van der Waals surface area contributed by atoms with Gasteiger partial charge in [-0.2, -0.15) is 4.98 Å². The molecule has 2 unspecified atom stereocenters. The van der Waals surface area contributed by atoms with Crippen molar-refractivity contribution in [3.8, 4) is 0 Å². The van der Waals surface area contributed by atoms with Crippen LogP contribution in [0.2, 0.25) is 0 Å². The highest BCUT2D eigenvalue weighted by Crippen LogP contribution is 2.34. The van der Waals surface area contributed by atoms with Crippen molar-refractivity contribution in [3.05, 3.63) is 29.9 Å². The molecule has 0 bridgehead atoms. The van der Waals surface area contributed by atoms with E-state index in [1.165, 1.54) is 0 Å². The monoisotopic (exact) mass is 279 g/mol. The van der Waals surface area contributed by atoms with Gasteiger partial charge in [0.15, 0.2) is 0 Å². The molecule has 0 amide bonds. The van der Waals surface area contributed by atoms with Crippen molar-refractivity contribution in [3.63, 3.8) is 0 Å². The summed E-state index contributed by atoms with van der Waals surface area (Å²) in [7, 11) is 1.64. The molecule has 7 heteroatoms. The van der Waals surface area contributed by atoms with Crippen LogP contribution in [0, 0.1) is 5.41 Å². The molecule has 0 saturated heterocycles. The van der Waals surface area contributed by atoms with Crippen LogP contribution < -0.4 is 5.73 Å². The first-order chi connectivity index (χ1) is 9.41. The van der Waals surface area contributed by atoms with Crippen molar-refractivity contribution in [2.24, 2.45) is 11.1 Å². The van der Waals surface area contributed by atoms with Crippen LogP contribution in [0.15, 0.2) is 17.0 Å². The highest BCUT2D eigenvalue weighted by molar-refractivity contribution is 5.04. The summed E-state index contributed by atoms with van der Waals surface area (Å²) >= 11 is 0. The number of hydrogen-bond acceptors (Lipinski definition) is 6. The average Bonchev–Trinajstić information content (AvgIpc) is 2.99. The van der Waals surface area contributed by atoms with Crippen molar-refractivity contribution in [1.82, 2.24) is 20.1 Å². The molecule has 3 N–H and O–H groups in total. The van der Waals surface area contributed by atoms with Gasteiger partial charge in [-0.25, -0.2) is 4.98 Å². The number of aromatic amines is 1. The Morgan fingerprint density at radius 1 is 1.45 bits per heavy atom. The molecule has 2 rings (SSSR count). The van der Waals surface area contributed by atoms with Gasteiger partial charge >= 0.3 is 0 Å². The van der Waals surface area contributed by atoms with Crippen LogP contribution in [-0.4, -0.2) is 27.2 Å². The Labute approximate surface area is 117 Å². The van der Waals surface area contributed by atoms with E-state index in [9.17, 15) is 0 Å². The van der Waals surface area contributed by atoms with E-state index in [2.05, 4.69) is 40.9 Å². The predicted molar refractivity (Wildman–Crippen MR) is 72.7 cm³/mol. The summed E-state index contributed by atoms with van der Waals surface area (Å²) in [5, 5.41) is 3.99. The van der Waals surface area contributed by atoms with Crippen LogP contribution in [0.25, 0.3) is 0 Å². The normalized spacial score (nSPS) is 15.2. The van der Waals surface area contributed by atoms with Gasteiger partial charge in [-0.05, 0) is 5.41 Å². The maximum Gasteiger partial charge on any atom is 0.244 e. The minimum absolute atomic E-state index is 0.122. The molecule has 2 atom stereocenters. The Kier molecular flexibility index (Phi) is 4.20. The number of nitrogens with zero attached hydrogens (tertiary/aromatic N) is 3. The van der Waals surface area contributed by atoms with Crippen LogP contribution in [0.1, 0.15) is 50.3 Å². The summed E-state index contributed by atoms with van der Waals surface area (Å²) in [6.07, 6.45) is 3.67. The molecule has 110 valence electrons. The lowest BCUT2D eigenvalue weighted by Gasteiger charge is -2.26. The van der Waals surface area contributed by atoms with Crippen LogP contribution >= 0.6 is 0 Å². The molecule has 2 aromatic heterocycles. The number of imidazole rings is 1. The minimum Gasteiger partial charge on any atom is -0.373 e. The summed E-state index contributed by atoms with van der Waals surface area (Å²) in [6, 6.07) is -0.367. The van der Waals surface area contributed by atoms with E-state index in [0.29, 0.717) is 18.1 Å². The molecule has 0 saturated carbocycles. The SMILES string of the molecule is COC(c1noc(C(N)Cc2cnc[nH]2)n1)C(C)(C)C. The van der Waals surface area contributed by atoms with Gasteiger partial charge in [-0.1, -0.05) is 25.9 Å². The first-order valence-electron chi connectivity index (χ1n) is 6.51. The lowest BCUT2D eigenvalue weighted by Crippen LogP contribution is -2.21. The Morgan fingerprint density at radius 3 is 2.75 bits per heavy atom. The van der Waals surface area contributed by atoms with E-state index in [1.54, 1.807) is 19.6 Å². The molecule has 0 aliphatic heterocycles. The van der Waals surface area contributed by atoms with E-state index in [-0.39, 0.29) is 17.6 Å². The molecule has 0 aliphatic rings. The van der Waals surface area contributed by atoms with Crippen molar-refractivity contribution >= 4 is 0 Å². The van der Waals surface area contributed by atoms with Crippen molar-refractivity contribution in [2.75, 3.05) is 7.11 Å². The Morgan fingerprint density at radius 2 is 2.20 bits per heavy atom. The number of hydrogen-bond donors (Lipinski definition) is 2. The third-order valence-corrected chi connectivity index (χ3v) is 3.03. The molecular weight excluding hydrogens is 258 g/mol. The lowest BCUT2D eigenvalue weighted by molar-refractivity contribution is 0.00718. The van der Waals surface area contributed by atoms with Crippen LogP contribution in [0.3, 0.4) is 0 Å². The second kappa shape index (κ2) is 5.72. The molecule has 2 aromatic rings. The standard InChI is InChI=1S/C13H21N5O2/c1-13(2,3)10(19-4)11-17-12(20-18-11)9(14)5-8-6-15-7-16-8/h6-7,9-10H,5,14H2,1-4H3,(H,15,16). The van der Waals surface area contributed by atoms with Gasteiger partial charge < -0.3 is 20.0 Å². The van der Waals surface area contributed by atoms with Crippen molar-refractivity contribution in [1.29, 1.82) is 0 Å². The number of ether oxygens (including phenoxy) is 1. The second-order valence-corrected chi connectivity index (χ2v) is 5.86. The number of H-pyrrole nitrogens is 1. The number of aromatic nitrogens is 4. The fraction of sp³-hybridized carbons (Fsp3) is 0.615. The van der Waals surface area contributed by atoms with Gasteiger partial charge in [0.2, 0.25) is 11.7 Å². The van der Waals surface area contributed by atoms with Crippen molar-refractivity contribution in [2.45, 2.75) is 39.3 Å². The van der Waals surface area contributed by atoms with Crippen molar-refractivity contribution < 1.29 is 9.26 Å². The van der Waals surface area contributed by atoms with E-state index in [1.807, 2.05) is 0 Å². The summed E-state index contributed by atoms with van der Waals surface area (Å²) in [5.41, 5.74) is 6.87. The van der Waals surface area contributed by atoms with Crippen LogP contribution in [0.4, 0.5) is 0 Å². The zero-order valence-corrected chi connectivity index (χ0v) is 12.3. The van der Waals surface area contributed by atoms with Crippen LogP contribution in [0.5, 0.6) is 0 Å². The minimum atomic E-state index is -0.367. The Bertz CT molecular complexity index is 529. The highest BCUT2D eigenvalue weighted by atomic mass is 16.5. The Balaban J connectivity index is 2.11. The van der Waals surface area contributed by atoms with E-state index < -0.39 is 0 Å². The molecule has 20 heavy (non-hydrogen) atoms.